The molecule has 1 amide bonds. The molecule has 0 fully saturated rings. The Labute approximate surface area is 213 Å². The zero-order valence-corrected chi connectivity index (χ0v) is 20.5. The topological polar surface area (TPSA) is 57.8 Å². The molecule has 0 radical (unpaired) electrons. The van der Waals surface area contributed by atoms with Gasteiger partial charge in [-0.15, -0.1) is 0 Å². The third kappa shape index (κ3) is 4.77. The minimum atomic E-state index is -4.38. The summed E-state index contributed by atoms with van der Waals surface area (Å²) in [5.41, 5.74) is 5.02. The van der Waals surface area contributed by atoms with E-state index in [0.29, 0.717) is 28.2 Å². The molecule has 8 heteroatoms. The summed E-state index contributed by atoms with van der Waals surface area (Å²) in [6.45, 7) is 1.80. The van der Waals surface area contributed by atoms with Gasteiger partial charge < -0.3 is 10.3 Å². The molecule has 0 aliphatic heterocycles. The lowest BCUT2D eigenvalue weighted by atomic mass is 9.98. The molecule has 0 saturated heterocycles. The Morgan fingerprint density at radius 3 is 2.33 bits per heavy atom. The van der Waals surface area contributed by atoms with Crippen molar-refractivity contribution in [1.29, 1.82) is 0 Å². The van der Waals surface area contributed by atoms with Crippen LogP contribution in [0.5, 0.6) is 0 Å². The molecule has 4 nitrogen and oxygen atoms in total. The van der Waals surface area contributed by atoms with Crippen molar-refractivity contribution in [2.75, 3.05) is 5.32 Å². The smallest absolute Gasteiger partial charge is 0.338 e. The highest BCUT2D eigenvalue weighted by atomic mass is 79.9. The van der Waals surface area contributed by atoms with Gasteiger partial charge in [0.1, 0.15) is 5.82 Å². The number of para-hydroxylation sites is 2. The fraction of sp³-hybridized carbons (Fsp3) is 0.0714. The van der Waals surface area contributed by atoms with E-state index in [4.69, 9.17) is 0 Å². The van der Waals surface area contributed by atoms with Crippen molar-refractivity contribution in [3.05, 3.63) is 106 Å². The van der Waals surface area contributed by atoms with Gasteiger partial charge in [0.25, 0.3) is 5.91 Å². The van der Waals surface area contributed by atoms with Crippen molar-refractivity contribution < 1.29 is 18.0 Å². The van der Waals surface area contributed by atoms with E-state index in [1.807, 2.05) is 36.4 Å². The molecule has 5 rings (SSSR count). The number of alkyl halides is 3. The first-order valence-corrected chi connectivity index (χ1v) is 11.8. The van der Waals surface area contributed by atoms with Crippen molar-refractivity contribution in [3.63, 3.8) is 0 Å². The zero-order valence-electron chi connectivity index (χ0n) is 19.0. The zero-order chi connectivity index (χ0) is 25.4. The number of benzene rings is 4. The van der Waals surface area contributed by atoms with E-state index in [0.717, 1.165) is 38.8 Å². The Kier molecular flexibility index (Phi) is 6.14. The first kappa shape index (κ1) is 23.8. The minimum Gasteiger partial charge on any atom is -0.338 e. The Bertz CT molecular complexity index is 1560. The summed E-state index contributed by atoms with van der Waals surface area (Å²) in [4.78, 5) is 21.0. The highest BCUT2D eigenvalue weighted by molar-refractivity contribution is 9.10. The number of aromatic amines is 1. The molecule has 0 aliphatic rings. The van der Waals surface area contributed by atoms with Crippen LogP contribution in [-0.4, -0.2) is 15.9 Å². The average Bonchev–Trinajstić information content (AvgIpc) is 3.29. The van der Waals surface area contributed by atoms with Crippen LogP contribution in [-0.2, 0) is 6.18 Å². The summed E-state index contributed by atoms with van der Waals surface area (Å²) in [5, 5.41) is 2.93. The van der Waals surface area contributed by atoms with Gasteiger partial charge in [0.2, 0.25) is 0 Å². The summed E-state index contributed by atoms with van der Waals surface area (Å²) >= 11 is 3.56. The van der Waals surface area contributed by atoms with Crippen molar-refractivity contribution >= 4 is 38.6 Å². The number of rotatable bonds is 4. The normalized spacial score (nSPS) is 11.6. The Hall–Kier alpha value is -3.91. The molecule has 0 saturated carbocycles. The average molecular weight is 550 g/mol. The first-order chi connectivity index (χ1) is 17.2. The molecule has 2 N–H and O–H groups in total. The van der Waals surface area contributed by atoms with Crippen LogP contribution in [0.2, 0.25) is 0 Å². The number of halogens is 4. The maximum atomic E-state index is 13.0. The van der Waals surface area contributed by atoms with Crippen LogP contribution in [0.1, 0.15) is 21.5 Å². The van der Waals surface area contributed by atoms with Crippen LogP contribution >= 0.6 is 15.9 Å². The maximum absolute atomic E-state index is 13.0. The monoisotopic (exact) mass is 549 g/mol. The standard InChI is InChI=1S/C28H19BrF3N3O/c1-16-14-18(17-6-9-19(10-7-17)28(30,31)32)8-12-21(16)27(36)33-20-11-13-23(29)22(15-20)26-34-24-4-2-3-5-25(24)35-26/h2-15H,1H3,(H,33,36)(H,34,35). The van der Waals surface area contributed by atoms with E-state index in [-0.39, 0.29) is 5.91 Å². The van der Waals surface area contributed by atoms with Crippen molar-refractivity contribution in [3.8, 4) is 22.5 Å². The number of hydrogen-bond acceptors (Lipinski definition) is 2. The van der Waals surface area contributed by atoms with Crippen LogP contribution < -0.4 is 5.32 Å². The number of carbonyl (C=O) groups is 1. The minimum absolute atomic E-state index is 0.288. The predicted molar refractivity (Wildman–Crippen MR) is 139 cm³/mol. The third-order valence-electron chi connectivity index (χ3n) is 5.89. The van der Waals surface area contributed by atoms with E-state index < -0.39 is 11.7 Å². The van der Waals surface area contributed by atoms with Gasteiger partial charge in [-0.1, -0.05) is 52.3 Å². The molecule has 0 aliphatic carbocycles. The summed E-state index contributed by atoms with van der Waals surface area (Å²) in [6, 6.07) is 23.4. The number of carbonyl (C=O) groups excluding carboxylic acids is 1. The third-order valence-corrected chi connectivity index (χ3v) is 6.58. The molecule has 1 heterocycles. The number of aromatic nitrogens is 2. The number of amides is 1. The Morgan fingerprint density at radius 1 is 0.917 bits per heavy atom. The largest absolute Gasteiger partial charge is 0.416 e. The molecule has 0 bridgehead atoms. The van der Waals surface area contributed by atoms with Gasteiger partial charge in [0, 0.05) is 21.3 Å². The second kappa shape index (κ2) is 9.28. The van der Waals surface area contributed by atoms with Gasteiger partial charge >= 0.3 is 6.18 Å². The van der Waals surface area contributed by atoms with Gasteiger partial charge in [-0.2, -0.15) is 13.2 Å². The van der Waals surface area contributed by atoms with Gasteiger partial charge in [0.05, 0.1) is 16.6 Å². The summed E-state index contributed by atoms with van der Waals surface area (Å²) in [6.07, 6.45) is -4.38. The molecule has 0 atom stereocenters. The van der Waals surface area contributed by atoms with E-state index in [2.05, 4.69) is 31.2 Å². The quantitative estimate of drug-likeness (QED) is 0.237. The SMILES string of the molecule is Cc1cc(-c2ccc(C(F)(F)F)cc2)ccc1C(=O)Nc1ccc(Br)c(-c2nc3ccccc3[nH]2)c1. The molecule has 36 heavy (non-hydrogen) atoms. The molecule has 1 aromatic heterocycles. The van der Waals surface area contributed by atoms with Crippen molar-refractivity contribution in [2.45, 2.75) is 13.1 Å². The van der Waals surface area contributed by atoms with E-state index in [1.165, 1.54) is 12.1 Å². The lowest BCUT2D eigenvalue weighted by Gasteiger charge is -2.12. The number of hydrogen-bond donors (Lipinski definition) is 2. The molecule has 180 valence electrons. The molecule has 0 spiro atoms. The number of nitrogens with one attached hydrogen (secondary N) is 2. The molecule has 5 aromatic rings. The molecule has 0 unspecified atom stereocenters. The van der Waals surface area contributed by atoms with Gasteiger partial charge in [-0.3, -0.25) is 4.79 Å². The lowest BCUT2D eigenvalue weighted by molar-refractivity contribution is -0.137. The highest BCUT2D eigenvalue weighted by Gasteiger charge is 2.30. The number of H-pyrrole nitrogens is 1. The van der Waals surface area contributed by atoms with Crippen molar-refractivity contribution in [2.24, 2.45) is 0 Å². The number of imidazole rings is 1. The van der Waals surface area contributed by atoms with E-state index >= 15 is 0 Å². The molecular formula is C28H19BrF3N3O. The van der Waals surface area contributed by atoms with Crippen LogP contribution in [0, 0.1) is 6.92 Å². The highest BCUT2D eigenvalue weighted by Crippen LogP contribution is 2.33. The predicted octanol–water partition coefficient (Wildman–Crippen LogP) is 8.24. The fourth-order valence-corrected chi connectivity index (χ4v) is 4.45. The Balaban J connectivity index is 1.37. The number of fused-ring (bicyclic) bond motifs is 1. The molecule has 4 aromatic carbocycles. The lowest BCUT2D eigenvalue weighted by Crippen LogP contribution is -2.13. The maximum Gasteiger partial charge on any atom is 0.416 e. The second-order valence-electron chi connectivity index (χ2n) is 8.36. The van der Waals surface area contributed by atoms with E-state index in [9.17, 15) is 18.0 Å². The number of nitrogens with zero attached hydrogens (tertiary/aromatic N) is 1. The first-order valence-electron chi connectivity index (χ1n) is 11.0. The van der Waals surface area contributed by atoms with Gasteiger partial charge in [-0.05, 0) is 72.1 Å². The Morgan fingerprint density at radius 2 is 1.64 bits per heavy atom. The number of anilines is 1. The van der Waals surface area contributed by atoms with E-state index in [1.54, 1.807) is 31.2 Å². The van der Waals surface area contributed by atoms with Crippen LogP contribution in [0.3, 0.4) is 0 Å². The van der Waals surface area contributed by atoms with Crippen molar-refractivity contribution in [1.82, 2.24) is 9.97 Å². The van der Waals surface area contributed by atoms with Gasteiger partial charge in [0.15, 0.2) is 0 Å². The van der Waals surface area contributed by atoms with Crippen LogP contribution in [0.25, 0.3) is 33.5 Å². The van der Waals surface area contributed by atoms with Crippen LogP contribution in [0.15, 0.2) is 89.4 Å². The van der Waals surface area contributed by atoms with Gasteiger partial charge in [-0.25, -0.2) is 4.98 Å². The van der Waals surface area contributed by atoms with Crippen LogP contribution in [0.4, 0.5) is 18.9 Å². The summed E-state index contributed by atoms with van der Waals surface area (Å²) in [5.74, 6) is 0.389. The summed E-state index contributed by atoms with van der Waals surface area (Å²) in [7, 11) is 0. The molecular weight excluding hydrogens is 531 g/mol. The second-order valence-corrected chi connectivity index (χ2v) is 9.21. The fourth-order valence-electron chi connectivity index (χ4n) is 4.01. The number of aryl methyl sites for hydroxylation is 1. The summed E-state index contributed by atoms with van der Waals surface area (Å²) < 4.78 is 39.4.